The lowest BCUT2D eigenvalue weighted by atomic mass is 9.85. The Balaban J connectivity index is 1.34. The highest BCUT2D eigenvalue weighted by molar-refractivity contribution is 6.20. The Morgan fingerprint density at radius 3 is 2.00 bits per heavy atom. The molecule has 2 heterocycles. The molecule has 3 aromatic rings. The maximum absolute atomic E-state index is 5.16. The van der Waals surface area contributed by atoms with Gasteiger partial charge in [-0.25, -0.2) is 9.98 Å². The summed E-state index contributed by atoms with van der Waals surface area (Å²) in [4.78, 5) is 10.3. The van der Waals surface area contributed by atoms with E-state index in [-0.39, 0.29) is 6.17 Å². The van der Waals surface area contributed by atoms with Crippen LogP contribution in [0.4, 0.5) is 0 Å². The van der Waals surface area contributed by atoms with Gasteiger partial charge in [0.2, 0.25) is 0 Å². The molecular weight excluding hydrogens is 414 g/mol. The third-order valence-electron chi connectivity index (χ3n) is 6.83. The molecule has 0 saturated carbocycles. The molecule has 2 aliphatic heterocycles. The fourth-order valence-electron chi connectivity index (χ4n) is 4.99. The lowest BCUT2D eigenvalue weighted by Gasteiger charge is -2.32. The van der Waals surface area contributed by atoms with Crippen molar-refractivity contribution in [1.82, 2.24) is 5.32 Å². The van der Waals surface area contributed by atoms with Gasteiger partial charge in [0.25, 0.3) is 0 Å². The van der Waals surface area contributed by atoms with Crippen LogP contribution >= 0.6 is 0 Å². The Morgan fingerprint density at radius 2 is 1.35 bits per heavy atom. The summed E-state index contributed by atoms with van der Waals surface area (Å²) in [6, 6.07) is 31.7. The largest absolute Gasteiger partial charge is 0.359 e. The van der Waals surface area contributed by atoms with E-state index in [0.717, 1.165) is 47.6 Å². The van der Waals surface area contributed by atoms with Crippen molar-refractivity contribution in [3.63, 3.8) is 0 Å². The van der Waals surface area contributed by atoms with Crippen LogP contribution < -0.4 is 5.32 Å². The number of nitrogens with zero attached hydrogens (tertiary/aromatic N) is 2. The fourth-order valence-corrected chi connectivity index (χ4v) is 4.99. The van der Waals surface area contributed by atoms with Gasteiger partial charge in [0.1, 0.15) is 12.0 Å². The quantitative estimate of drug-likeness (QED) is 0.482. The summed E-state index contributed by atoms with van der Waals surface area (Å²) in [5.41, 5.74) is 8.34. The van der Waals surface area contributed by atoms with E-state index < -0.39 is 0 Å². The van der Waals surface area contributed by atoms with Crippen LogP contribution in [0.2, 0.25) is 0 Å². The van der Waals surface area contributed by atoms with Crippen LogP contribution in [0.3, 0.4) is 0 Å². The average Bonchev–Trinajstić information content (AvgIpc) is 2.93. The predicted octanol–water partition coefficient (Wildman–Crippen LogP) is 6.67. The highest BCUT2D eigenvalue weighted by atomic mass is 15.1. The van der Waals surface area contributed by atoms with Gasteiger partial charge >= 0.3 is 0 Å². The van der Waals surface area contributed by atoms with Crippen LogP contribution in [-0.2, 0) is 0 Å². The summed E-state index contributed by atoms with van der Waals surface area (Å²) in [6.07, 6.45) is 9.69. The van der Waals surface area contributed by atoms with Gasteiger partial charge in [-0.05, 0) is 42.0 Å². The van der Waals surface area contributed by atoms with Gasteiger partial charge in [-0.1, -0.05) is 103 Å². The SMILES string of the molecule is C1=C(c2ccccc2)CCC(C2=NC3NC(c4ccccc4)=CC=C3C(c3ccccc3)=N2)C1. The monoisotopic (exact) mass is 441 g/mol. The normalized spacial score (nSPS) is 21.7. The number of rotatable bonds is 4. The maximum Gasteiger partial charge on any atom is 0.148 e. The van der Waals surface area contributed by atoms with Crippen molar-refractivity contribution in [2.24, 2.45) is 15.9 Å². The lowest BCUT2D eigenvalue weighted by molar-refractivity contribution is 0.605. The second-order valence-corrected chi connectivity index (χ2v) is 9.00. The summed E-state index contributed by atoms with van der Waals surface area (Å²) in [7, 11) is 0. The standard InChI is InChI=1S/C31H27N3/c1-4-10-22(11-5-1)23-16-18-26(19-17-23)30-33-29(25-14-8-3-9-15-25)27-20-21-28(32-31(27)34-30)24-12-6-2-7-13-24/h1-16,20-21,26,31-32H,17-19H2. The third kappa shape index (κ3) is 4.06. The summed E-state index contributed by atoms with van der Waals surface area (Å²) in [5.74, 6) is 1.30. The number of nitrogens with one attached hydrogen (secondary N) is 1. The average molecular weight is 442 g/mol. The van der Waals surface area contributed by atoms with Gasteiger partial charge < -0.3 is 5.32 Å². The number of amidine groups is 1. The molecule has 3 aliphatic rings. The van der Waals surface area contributed by atoms with Crippen molar-refractivity contribution in [2.75, 3.05) is 0 Å². The number of dihydropyridines is 1. The van der Waals surface area contributed by atoms with Gasteiger partial charge in [0.15, 0.2) is 0 Å². The molecule has 1 N–H and O–H groups in total. The van der Waals surface area contributed by atoms with E-state index in [9.17, 15) is 0 Å². The third-order valence-corrected chi connectivity index (χ3v) is 6.83. The first-order chi connectivity index (χ1) is 16.8. The first kappa shape index (κ1) is 20.6. The Bertz CT molecular complexity index is 1330. The van der Waals surface area contributed by atoms with Crippen LogP contribution in [0.5, 0.6) is 0 Å². The topological polar surface area (TPSA) is 36.8 Å². The molecule has 0 fully saturated rings. The number of benzene rings is 3. The predicted molar refractivity (Wildman–Crippen MR) is 142 cm³/mol. The smallest absolute Gasteiger partial charge is 0.148 e. The highest BCUT2D eigenvalue weighted by Gasteiger charge is 2.31. The molecule has 3 aromatic carbocycles. The first-order valence-electron chi connectivity index (χ1n) is 12.1. The molecular formula is C31H27N3. The molecule has 1 aliphatic carbocycles. The van der Waals surface area contributed by atoms with E-state index in [1.807, 2.05) is 6.07 Å². The van der Waals surface area contributed by atoms with E-state index >= 15 is 0 Å². The second-order valence-electron chi connectivity index (χ2n) is 9.00. The molecule has 0 bridgehead atoms. The molecule has 0 radical (unpaired) electrons. The van der Waals surface area contributed by atoms with Crippen LogP contribution in [-0.4, -0.2) is 17.7 Å². The summed E-state index contributed by atoms with van der Waals surface area (Å²) >= 11 is 0. The number of aliphatic imine (C=N–C) groups is 2. The van der Waals surface area contributed by atoms with Crippen molar-refractivity contribution in [3.8, 4) is 0 Å². The van der Waals surface area contributed by atoms with Crippen molar-refractivity contribution in [3.05, 3.63) is 131 Å². The van der Waals surface area contributed by atoms with Crippen LogP contribution in [0.25, 0.3) is 11.3 Å². The maximum atomic E-state index is 5.16. The van der Waals surface area contributed by atoms with Gasteiger partial charge in [0, 0.05) is 22.8 Å². The number of hydrogen-bond donors (Lipinski definition) is 1. The Kier molecular flexibility index (Phi) is 5.52. The van der Waals surface area contributed by atoms with Crippen molar-refractivity contribution < 1.29 is 0 Å². The zero-order chi connectivity index (χ0) is 22.7. The Hall–Kier alpha value is -3.98. The molecule has 0 amide bonds. The molecule has 34 heavy (non-hydrogen) atoms. The molecule has 0 saturated heterocycles. The minimum atomic E-state index is -0.123. The van der Waals surface area contributed by atoms with E-state index in [2.05, 4.69) is 108 Å². The molecule has 0 spiro atoms. The number of allylic oxidation sites excluding steroid dienone is 4. The van der Waals surface area contributed by atoms with Crippen molar-refractivity contribution in [2.45, 2.75) is 25.4 Å². The van der Waals surface area contributed by atoms with Gasteiger partial charge in [-0.15, -0.1) is 0 Å². The first-order valence-corrected chi connectivity index (χ1v) is 12.1. The van der Waals surface area contributed by atoms with E-state index in [0.29, 0.717) is 5.92 Å². The molecule has 3 heteroatoms. The molecule has 0 aromatic heterocycles. The van der Waals surface area contributed by atoms with Gasteiger partial charge in [-0.3, -0.25) is 0 Å². The fraction of sp³-hybridized carbons (Fsp3) is 0.161. The van der Waals surface area contributed by atoms with Gasteiger partial charge in [-0.2, -0.15) is 0 Å². The van der Waals surface area contributed by atoms with Crippen molar-refractivity contribution in [1.29, 1.82) is 0 Å². The summed E-state index contributed by atoms with van der Waals surface area (Å²) < 4.78 is 0. The summed E-state index contributed by atoms with van der Waals surface area (Å²) in [5, 5.41) is 3.68. The Labute approximate surface area is 201 Å². The van der Waals surface area contributed by atoms with Crippen molar-refractivity contribution >= 4 is 22.8 Å². The van der Waals surface area contributed by atoms with E-state index in [1.54, 1.807) is 0 Å². The number of hydrogen-bond acceptors (Lipinski definition) is 3. The number of fused-ring (bicyclic) bond motifs is 1. The minimum absolute atomic E-state index is 0.123. The molecule has 2 atom stereocenters. The lowest BCUT2D eigenvalue weighted by Crippen LogP contribution is -2.38. The zero-order valence-corrected chi connectivity index (χ0v) is 19.1. The van der Waals surface area contributed by atoms with Crippen LogP contribution in [0.1, 0.15) is 36.0 Å². The molecule has 3 nitrogen and oxygen atoms in total. The van der Waals surface area contributed by atoms with E-state index in [4.69, 9.17) is 9.98 Å². The van der Waals surface area contributed by atoms with Crippen LogP contribution in [0, 0.1) is 5.92 Å². The van der Waals surface area contributed by atoms with E-state index in [1.165, 1.54) is 16.7 Å². The zero-order valence-electron chi connectivity index (χ0n) is 19.1. The second kappa shape index (κ2) is 9.11. The Morgan fingerprint density at radius 1 is 0.706 bits per heavy atom. The minimum Gasteiger partial charge on any atom is -0.359 e. The molecule has 6 rings (SSSR count). The summed E-state index contributed by atoms with van der Waals surface area (Å²) in [6.45, 7) is 0. The molecule has 166 valence electrons. The van der Waals surface area contributed by atoms with Gasteiger partial charge in [0.05, 0.1) is 5.71 Å². The van der Waals surface area contributed by atoms with Crippen LogP contribution in [0.15, 0.2) is 125 Å². The highest BCUT2D eigenvalue weighted by Crippen LogP contribution is 2.34. The molecule has 2 unspecified atom stereocenters.